The Labute approximate surface area is 130 Å². The molecule has 0 unspecified atom stereocenters. The zero-order valence-electron chi connectivity index (χ0n) is 13.0. The van der Waals surface area contributed by atoms with Crippen LogP contribution in [0, 0.1) is 0 Å². The fourth-order valence-corrected chi connectivity index (χ4v) is 1.91. The quantitative estimate of drug-likeness (QED) is 0.693. The number of rotatable bonds is 9. The summed E-state index contributed by atoms with van der Waals surface area (Å²) in [5.74, 6) is 2.22. The SMILES string of the molecule is COCCNc1cc(NCCOC)nc(-c2ccccc2)n1. The topological polar surface area (TPSA) is 68.3 Å². The lowest BCUT2D eigenvalue weighted by molar-refractivity contribution is 0.210. The van der Waals surface area contributed by atoms with Gasteiger partial charge >= 0.3 is 0 Å². The molecule has 6 nitrogen and oxygen atoms in total. The molecule has 1 heterocycles. The van der Waals surface area contributed by atoms with Gasteiger partial charge in [0.05, 0.1) is 13.2 Å². The van der Waals surface area contributed by atoms with Gasteiger partial charge in [-0.3, -0.25) is 0 Å². The Hall–Kier alpha value is -2.18. The predicted molar refractivity (Wildman–Crippen MR) is 88.2 cm³/mol. The van der Waals surface area contributed by atoms with Gasteiger partial charge in [0, 0.05) is 38.9 Å². The molecule has 0 fully saturated rings. The molecular weight excluding hydrogens is 280 g/mol. The van der Waals surface area contributed by atoms with E-state index in [1.807, 2.05) is 36.4 Å². The smallest absolute Gasteiger partial charge is 0.163 e. The van der Waals surface area contributed by atoms with Crippen LogP contribution in [0.15, 0.2) is 36.4 Å². The Bertz CT molecular complexity index is 535. The number of hydrogen-bond acceptors (Lipinski definition) is 6. The Kier molecular flexibility index (Phi) is 6.60. The minimum Gasteiger partial charge on any atom is -0.383 e. The van der Waals surface area contributed by atoms with Gasteiger partial charge in [0.1, 0.15) is 11.6 Å². The lowest BCUT2D eigenvalue weighted by Gasteiger charge is -2.11. The zero-order valence-corrected chi connectivity index (χ0v) is 13.0. The first-order chi connectivity index (χ1) is 10.8. The van der Waals surface area contributed by atoms with Crippen LogP contribution < -0.4 is 10.6 Å². The van der Waals surface area contributed by atoms with Crippen LogP contribution in [0.25, 0.3) is 11.4 Å². The van der Waals surface area contributed by atoms with Gasteiger partial charge in [0.15, 0.2) is 5.82 Å². The van der Waals surface area contributed by atoms with E-state index in [0.29, 0.717) is 32.1 Å². The maximum absolute atomic E-state index is 5.05. The first kappa shape index (κ1) is 16.2. The standard InChI is InChI=1S/C16H22N4O2/c1-21-10-8-17-14-12-15(18-9-11-22-2)20-16(19-14)13-6-4-3-5-7-13/h3-7,12H,8-11H2,1-2H3,(H2,17,18,19,20). The molecule has 0 saturated carbocycles. The summed E-state index contributed by atoms with van der Waals surface area (Å²) in [4.78, 5) is 9.11. The van der Waals surface area contributed by atoms with Gasteiger partial charge in [0.25, 0.3) is 0 Å². The molecule has 2 N–H and O–H groups in total. The number of nitrogens with one attached hydrogen (secondary N) is 2. The molecule has 0 aliphatic rings. The molecule has 0 saturated heterocycles. The van der Waals surface area contributed by atoms with Gasteiger partial charge in [-0.15, -0.1) is 0 Å². The summed E-state index contributed by atoms with van der Waals surface area (Å²) in [5, 5.41) is 6.48. The largest absolute Gasteiger partial charge is 0.383 e. The van der Waals surface area contributed by atoms with Crippen molar-refractivity contribution in [1.82, 2.24) is 9.97 Å². The van der Waals surface area contributed by atoms with Crippen molar-refractivity contribution in [3.05, 3.63) is 36.4 Å². The number of anilines is 2. The molecule has 2 aromatic rings. The van der Waals surface area contributed by atoms with Crippen molar-refractivity contribution in [2.24, 2.45) is 0 Å². The average Bonchev–Trinajstić information content (AvgIpc) is 2.56. The number of aromatic nitrogens is 2. The maximum atomic E-state index is 5.05. The first-order valence-electron chi connectivity index (χ1n) is 7.23. The molecule has 1 aromatic heterocycles. The molecule has 1 aromatic carbocycles. The molecule has 6 heteroatoms. The Morgan fingerprint density at radius 3 is 1.91 bits per heavy atom. The molecule has 0 amide bonds. The number of methoxy groups -OCH3 is 2. The fraction of sp³-hybridized carbons (Fsp3) is 0.375. The van der Waals surface area contributed by atoms with Crippen molar-refractivity contribution < 1.29 is 9.47 Å². The Morgan fingerprint density at radius 1 is 0.864 bits per heavy atom. The second-order valence-electron chi connectivity index (χ2n) is 4.67. The van der Waals surface area contributed by atoms with Crippen LogP contribution in [-0.2, 0) is 9.47 Å². The third-order valence-electron chi connectivity index (χ3n) is 2.98. The van der Waals surface area contributed by atoms with Gasteiger partial charge < -0.3 is 20.1 Å². The van der Waals surface area contributed by atoms with E-state index in [2.05, 4.69) is 20.6 Å². The minimum absolute atomic E-state index is 0.622. The van der Waals surface area contributed by atoms with E-state index in [-0.39, 0.29) is 0 Å². The number of nitrogens with zero attached hydrogens (tertiary/aromatic N) is 2. The second-order valence-corrected chi connectivity index (χ2v) is 4.67. The van der Waals surface area contributed by atoms with Crippen LogP contribution in [0.1, 0.15) is 0 Å². The van der Waals surface area contributed by atoms with Crippen LogP contribution in [0.5, 0.6) is 0 Å². The molecular formula is C16H22N4O2. The summed E-state index contributed by atoms with van der Waals surface area (Å²) in [7, 11) is 3.35. The Morgan fingerprint density at radius 2 is 1.41 bits per heavy atom. The van der Waals surface area contributed by atoms with Crippen LogP contribution in [0.2, 0.25) is 0 Å². The van der Waals surface area contributed by atoms with Gasteiger partial charge in [-0.1, -0.05) is 30.3 Å². The summed E-state index contributed by atoms with van der Waals surface area (Å²) >= 11 is 0. The maximum Gasteiger partial charge on any atom is 0.163 e. The van der Waals surface area contributed by atoms with E-state index >= 15 is 0 Å². The Balaban J connectivity index is 2.19. The van der Waals surface area contributed by atoms with E-state index in [0.717, 1.165) is 17.2 Å². The lowest BCUT2D eigenvalue weighted by Crippen LogP contribution is -2.12. The van der Waals surface area contributed by atoms with Gasteiger partial charge in [-0.25, -0.2) is 9.97 Å². The zero-order chi connectivity index (χ0) is 15.6. The summed E-state index contributed by atoms with van der Waals surface area (Å²) < 4.78 is 10.1. The predicted octanol–water partition coefficient (Wildman–Crippen LogP) is 2.26. The van der Waals surface area contributed by atoms with Crippen molar-refractivity contribution in [2.45, 2.75) is 0 Å². The van der Waals surface area contributed by atoms with Crippen LogP contribution in [0.4, 0.5) is 11.6 Å². The average molecular weight is 302 g/mol. The minimum atomic E-state index is 0.622. The van der Waals surface area contributed by atoms with Crippen molar-refractivity contribution in [2.75, 3.05) is 51.2 Å². The van der Waals surface area contributed by atoms with Gasteiger partial charge in [-0.05, 0) is 0 Å². The highest BCUT2D eigenvalue weighted by atomic mass is 16.5. The van der Waals surface area contributed by atoms with Crippen molar-refractivity contribution in [3.63, 3.8) is 0 Å². The molecule has 0 aliphatic heterocycles. The van der Waals surface area contributed by atoms with E-state index < -0.39 is 0 Å². The van der Waals surface area contributed by atoms with E-state index in [4.69, 9.17) is 9.47 Å². The highest BCUT2D eigenvalue weighted by Gasteiger charge is 2.06. The van der Waals surface area contributed by atoms with Crippen LogP contribution in [0.3, 0.4) is 0 Å². The summed E-state index contributed by atoms with van der Waals surface area (Å²) in [6.45, 7) is 2.63. The fourth-order valence-electron chi connectivity index (χ4n) is 1.91. The van der Waals surface area contributed by atoms with E-state index in [1.54, 1.807) is 14.2 Å². The third kappa shape index (κ3) is 4.98. The van der Waals surface area contributed by atoms with Crippen LogP contribution >= 0.6 is 0 Å². The van der Waals surface area contributed by atoms with E-state index in [1.165, 1.54) is 0 Å². The molecule has 2 rings (SSSR count). The number of benzene rings is 1. The monoisotopic (exact) mass is 302 g/mol. The molecule has 22 heavy (non-hydrogen) atoms. The van der Waals surface area contributed by atoms with Crippen molar-refractivity contribution in [1.29, 1.82) is 0 Å². The molecule has 0 atom stereocenters. The summed E-state index contributed by atoms with van der Waals surface area (Å²) in [5.41, 5.74) is 0.979. The molecule has 0 aliphatic carbocycles. The first-order valence-corrected chi connectivity index (χ1v) is 7.23. The number of hydrogen-bond donors (Lipinski definition) is 2. The number of ether oxygens (including phenoxy) is 2. The van der Waals surface area contributed by atoms with E-state index in [9.17, 15) is 0 Å². The highest BCUT2D eigenvalue weighted by Crippen LogP contribution is 2.19. The van der Waals surface area contributed by atoms with Gasteiger partial charge in [-0.2, -0.15) is 0 Å². The highest BCUT2D eigenvalue weighted by molar-refractivity contribution is 5.61. The van der Waals surface area contributed by atoms with Crippen molar-refractivity contribution >= 4 is 11.6 Å². The third-order valence-corrected chi connectivity index (χ3v) is 2.98. The van der Waals surface area contributed by atoms with Gasteiger partial charge in [0.2, 0.25) is 0 Å². The van der Waals surface area contributed by atoms with Crippen LogP contribution in [-0.4, -0.2) is 50.5 Å². The lowest BCUT2D eigenvalue weighted by atomic mass is 10.2. The summed E-state index contributed by atoms with van der Waals surface area (Å²) in [6, 6.07) is 11.8. The summed E-state index contributed by atoms with van der Waals surface area (Å²) in [6.07, 6.45) is 0. The normalized spacial score (nSPS) is 10.5. The van der Waals surface area contributed by atoms with Crippen molar-refractivity contribution in [3.8, 4) is 11.4 Å². The molecule has 0 bridgehead atoms. The molecule has 0 radical (unpaired) electrons. The second kappa shape index (κ2) is 8.96. The molecule has 118 valence electrons. The molecule has 0 spiro atoms.